The molecule has 4 N–H and O–H groups in total. The molecule has 0 aromatic heterocycles. The molecule has 0 radical (unpaired) electrons. The Kier molecular flexibility index (Phi) is 10.3. The second-order valence-electron chi connectivity index (χ2n) is 10.9. The minimum Gasteiger partial charge on any atom is -0.444 e. The zero-order valence-corrected chi connectivity index (χ0v) is 22.4. The van der Waals surface area contributed by atoms with E-state index in [-0.39, 0.29) is 11.9 Å². The Morgan fingerprint density at radius 3 is 2.14 bits per heavy atom. The number of carbonyl (C=O) groups is 4. The highest BCUT2D eigenvalue weighted by atomic mass is 16.6. The lowest BCUT2D eigenvalue weighted by atomic mass is 9.94. The maximum atomic E-state index is 13.9. The van der Waals surface area contributed by atoms with E-state index in [1.807, 2.05) is 31.2 Å². The Morgan fingerprint density at radius 2 is 1.64 bits per heavy atom. The van der Waals surface area contributed by atoms with Crippen LogP contribution in [-0.4, -0.2) is 52.4 Å². The summed E-state index contributed by atoms with van der Waals surface area (Å²) in [6.07, 6.45) is 3.77. The SMILES string of the molecule is Cc1ccc(C(C(=O)NC2CCCCC2)N(C(=O)C(CC(N)=O)NC(=O)OC(C)(C)C)C(C)C)cc1. The first-order chi connectivity index (χ1) is 16.8. The van der Waals surface area contributed by atoms with Crippen LogP contribution in [0.3, 0.4) is 0 Å². The van der Waals surface area contributed by atoms with Crippen molar-refractivity contribution in [1.82, 2.24) is 15.5 Å². The highest BCUT2D eigenvalue weighted by Gasteiger charge is 2.39. The maximum absolute atomic E-state index is 13.9. The minimum absolute atomic E-state index is 0.0459. The number of primary amides is 1. The predicted octanol–water partition coefficient (Wildman–Crippen LogP) is 3.49. The molecule has 2 atom stereocenters. The number of nitrogens with one attached hydrogen (secondary N) is 2. The van der Waals surface area contributed by atoms with Gasteiger partial charge in [0.05, 0.1) is 6.42 Å². The third kappa shape index (κ3) is 8.84. The molecule has 2 unspecified atom stereocenters. The molecule has 1 saturated carbocycles. The van der Waals surface area contributed by atoms with Crippen LogP contribution in [0.25, 0.3) is 0 Å². The highest BCUT2D eigenvalue weighted by molar-refractivity contribution is 5.94. The Morgan fingerprint density at radius 1 is 1.06 bits per heavy atom. The van der Waals surface area contributed by atoms with Crippen molar-refractivity contribution in [1.29, 1.82) is 0 Å². The van der Waals surface area contributed by atoms with Gasteiger partial charge in [0.15, 0.2) is 0 Å². The van der Waals surface area contributed by atoms with E-state index >= 15 is 0 Å². The summed E-state index contributed by atoms with van der Waals surface area (Å²) in [7, 11) is 0. The summed E-state index contributed by atoms with van der Waals surface area (Å²) in [4.78, 5) is 53.3. The molecule has 1 aromatic rings. The van der Waals surface area contributed by atoms with Gasteiger partial charge in [0.2, 0.25) is 17.7 Å². The average Bonchev–Trinajstić information content (AvgIpc) is 2.76. The fourth-order valence-electron chi connectivity index (χ4n) is 4.42. The van der Waals surface area contributed by atoms with Crippen LogP contribution in [0.1, 0.15) is 90.3 Å². The number of amides is 4. The van der Waals surface area contributed by atoms with Crippen molar-refractivity contribution >= 4 is 23.8 Å². The zero-order chi connectivity index (χ0) is 27.0. The van der Waals surface area contributed by atoms with Crippen molar-refractivity contribution in [3.8, 4) is 0 Å². The quantitative estimate of drug-likeness (QED) is 0.476. The van der Waals surface area contributed by atoms with E-state index in [1.165, 1.54) is 4.90 Å². The molecule has 2 rings (SSSR count). The van der Waals surface area contributed by atoms with Gasteiger partial charge < -0.3 is 26.0 Å². The van der Waals surface area contributed by atoms with Crippen molar-refractivity contribution in [3.05, 3.63) is 35.4 Å². The van der Waals surface area contributed by atoms with Gasteiger partial charge in [-0.2, -0.15) is 0 Å². The van der Waals surface area contributed by atoms with Gasteiger partial charge in [0.1, 0.15) is 17.7 Å². The number of rotatable bonds is 9. The number of nitrogens with two attached hydrogens (primary N) is 1. The second-order valence-corrected chi connectivity index (χ2v) is 10.9. The van der Waals surface area contributed by atoms with Crippen molar-refractivity contribution in [2.75, 3.05) is 0 Å². The lowest BCUT2D eigenvalue weighted by molar-refractivity contribution is -0.145. The fourth-order valence-corrected chi connectivity index (χ4v) is 4.42. The largest absolute Gasteiger partial charge is 0.444 e. The zero-order valence-electron chi connectivity index (χ0n) is 22.4. The number of carbonyl (C=O) groups excluding carboxylic acids is 4. The monoisotopic (exact) mass is 502 g/mol. The number of hydrogen-bond donors (Lipinski definition) is 3. The van der Waals surface area contributed by atoms with Gasteiger partial charge in [0, 0.05) is 12.1 Å². The molecule has 1 fully saturated rings. The number of nitrogens with zero attached hydrogens (tertiary/aromatic N) is 1. The van der Waals surface area contributed by atoms with Crippen LogP contribution < -0.4 is 16.4 Å². The van der Waals surface area contributed by atoms with Crippen LogP contribution >= 0.6 is 0 Å². The van der Waals surface area contributed by atoms with Crippen LogP contribution in [-0.2, 0) is 19.1 Å². The van der Waals surface area contributed by atoms with Crippen molar-refractivity contribution in [2.24, 2.45) is 5.73 Å². The Hall–Kier alpha value is -3.10. The summed E-state index contributed by atoms with van der Waals surface area (Å²) in [5, 5.41) is 5.63. The van der Waals surface area contributed by atoms with Crippen molar-refractivity contribution < 1.29 is 23.9 Å². The summed E-state index contributed by atoms with van der Waals surface area (Å²) in [6.45, 7) is 10.6. The summed E-state index contributed by atoms with van der Waals surface area (Å²) in [5.41, 5.74) is 6.28. The van der Waals surface area contributed by atoms with Crippen molar-refractivity contribution in [3.63, 3.8) is 0 Å². The van der Waals surface area contributed by atoms with Gasteiger partial charge >= 0.3 is 6.09 Å². The van der Waals surface area contributed by atoms with Gasteiger partial charge in [-0.05, 0) is 59.9 Å². The Bertz CT molecular complexity index is 917. The van der Waals surface area contributed by atoms with Gasteiger partial charge in [0.25, 0.3) is 0 Å². The summed E-state index contributed by atoms with van der Waals surface area (Å²) < 4.78 is 5.29. The summed E-state index contributed by atoms with van der Waals surface area (Å²) in [6, 6.07) is 4.83. The number of benzene rings is 1. The molecular formula is C27H42N4O5. The van der Waals surface area contributed by atoms with Crippen LogP contribution in [0.5, 0.6) is 0 Å². The van der Waals surface area contributed by atoms with E-state index in [0.29, 0.717) is 5.56 Å². The summed E-state index contributed by atoms with van der Waals surface area (Å²) >= 11 is 0. The van der Waals surface area contributed by atoms with Crippen LogP contribution in [0.2, 0.25) is 0 Å². The molecule has 9 heteroatoms. The van der Waals surface area contributed by atoms with Crippen LogP contribution in [0.15, 0.2) is 24.3 Å². The second kappa shape index (κ2) is 12.7. The third-order valence-electron chi connectivity index (χ3n) is 6.08. The smallest absolute Gasteiger partial charge is 0.408 e. The molecule has 0 saturated heterocycles. The van der Waals surface area contributed by atoms with E-state index in [9.17, 15) is 19.2 Å². The predicted molar refractivity (Wildman–Crippen MR) is 138 cm³/mol. The lowest BCUT2D eigenvalue weighted by Gasteiger charge is -2.38. The Labute approximate surface area is 214 Å². The first kappa shape index (κ1) is 29.1. The molecule has 36 heavy (non-hydrogen) atoms. The van der Waals surface area contributed by atoms with Crippen LogP contribution in [0, 0.1) is 6.92 Å². The number of ether oxygens (including phenoxy) is 1. The Balaban J connectivity index is 2.43. The molecule has 0 heterocycles. The molecule has 4 amide bonds. The molecule has 0 aliphatic heterocycles. The van der Waals surface area contributed by atoms with E-state index in [1.54, 1.807) is 34.6 Å². The van der Waals surface area contributed by atoms with Gasteiger partial charge in [-0.3, -0.25) is 14.4 Å². The van der Waals surface area contributed by atoms with Gasteiger partial charge in [-0.1, -0.05) is 49.1 Å². The minimum atomic E-state index is -1.28. The maximum Gasteiger partial charge on any atom is 0.408 e. The first-order valence-electron chi connectivity index (χ1n) is 12.8. The topological polar surface area (TPSA) is 131 Å². The normalized spacial score (nSPS) is 16.1. The van der Waals surface area contributed by atoms with Crippen LogP contribution in [0.4, 0.5) is 4.79 Å². The van der Waals surface area contributed by atoms with E-state index < -0.39 is 48.1 Å². The molecule has 0 bridgehead atoms. The summed E-state index contributed by atoms with van der Waals surface area (Å²) in [5.74, 6) is -1.63. The molecule has 9 nitrogen and oxygen atoms in total. The third-order valence-corrected chi connectivity index (χ3v) is 6.08. The van der Waals surface area contributed by atoms with E-state index in [4.69, 9.17) is 10.5 Å². The average molecular weight is 503 g/mol. The number of alkyl carbamates (subject to hydrolysis) is 1. The molecule has 200 valence electrons. The molecule has 1 aliphatic rings. The fraction of sp³-hybridized carbons (Fsp3) is 0.630. The van der Waals surface area contributed by atoms with Gasteiger partial charge in [-0.25, -0.2) is 4.79 Å². The highest BCUT2D eigenvalue weighted by Crippen LogP contribution is 2.27. The van der Waals surface area contributed by atoms with E-state index in [0.717, 1.165) is 37.7 Å². The van der Waals surface area contributed by atoms with Crippen molar-refractivity contribution in [2.45, 2.75) is 110 Å². The molecule has 0 spiro atoms. The first-order valence-corrected chi connectivity index (χ1v) is 12.8. The lowest BCUT2D eigenvalue weighted by Crippen LogP contribution is -2.56. The standard InChI is InChI=1S/C27H42N4O5/c1-17(2)31(25(34)21(16-22(28)32)30-26(35)36-27(4,5)6)23(19-14-12-18(3)13-15-19)24(33)29-20-10-8-7-9-11-20/h12-15,17,20-21,23H,7-11,16H2,1-6H3,(H2,28,32)(H,29,33)(H,30,35). The number of hydrogen-bond acceptors (Lipinski definition) is 5. The molecular weight excluding hydrogens is 460 g/mol. The van der Waals surface area contributed by atoms with E-state index in [2.05, 4.69) is 10.6 Å². The molecule has 1 aromatic carbocycles. The molecule has 1 aliphatic carbocycles. The van der Waals surface area contributed by atoms with Gasteiger partial charge in [-0.15, -0.1) is 0 Å². The number of aryl methyl sites for hydroxylation is 1.